The maximum Gasteiger partial charge on any atom is 0.370 e. The molecule has 0 saturated carbocycles. The molecule has 3 aliphatic heterocycles. The standard InChI is InChI=1S/C5H7O3/c1-4-2-7-5(6-1)8-3-4/h4H,1-3H2. The van der Waals surface area contributed by atoms with E-state index in [0.717, 1.165) is 19.8 Å². The van der Waals surface area contributed by atoms with Crippen molar-refractivity contribution in [2.45, 2.75) is 0 Å². The molecule has 3 rings (SSSR count). The Balaban J connectivity index is 2.03. The van der Waals surface area contributed by atoms with Crippen molar-refractivity contribution in [3.8, 4) is 0 Å². The molecule has 0 amide bonds. The van der Waals surface area contributed by atoms with Crippen molar-refractivity contribution < 1.29 is 14.2 Å². The first kappa shape index (κ1) is 4.73. The number of fused-ring (bicyclic) bond motifs is 3. The van der Waals surface area contributed by atoms with Crippen LogP contribution < -0.4 is 0 Å². The second-order valence-corrected chi connectivity index (χ2v) is 2.05. The molecule has 0 N–H and O–H groups in total. The number of hydrogen-bond donors (Lipinski definition) is 0. The summed E-state index contributed by atoms with van der Waals surface area (Å²) in [6.07, 6.45) is 0. The highest BCUT2D eigenvalue weighted by Gasteiger charge is 2.31. The summed E-state index contributed by atoms with van der Waals surface area (Å²) in [5.74, 6) is 0.465. The van der Waals surface area contributed by atoms with Crippen molar-refractivity contribution in [2.24, 2.45) is 5.92 Å². The van der Waals surface area contributed by atoms with Crippen LogP contribution in [0.4, 0.5) is 0 Å². The minimum atomic E-state index is 0.368. The highest BCUT2D eigenvalue weighted by atomic mass is 16.9. The van der Waals surface area contributed by atoms with Gasteiger partial charge in [0.15, 0.2) is 0 Å². The Morgan fingerprint density at radius 2 is 1.50 bits per heavy atom. The molecule has 0 atom stereocenters. The van der Waals surface area contributed by atoms with E-state index in [1.54, 1.807) is 0 Å². The van der Waals surface area contributed by atoms with E-state index in [0.29, 0.717) is 12.4 Å². The molecule has 3 aliphatic rings. The Hall–Kier alpha value is -0.120. The summed E-state index contributed by atoms with van der Waals surface area (Å²) in [5, 5.41) is 0. The Labute approximate surface area is 47.5 Å². The van der Waals surface area contributed by atoms with Crippen LogP contribution in [0, 0.1) is 12.4 Å². The summed E-state index contributed by atoms with van der Waals surface area (Å²) >= 11 is 0. The van der Waals surface area contributed by atoms with E-state index in [-0.39, 0.29) is 0 Å². The fourth-order valence-electron chi connectivity index (χ4n) is 0.827. The smallest absolute Gasteiger partial charge is 0.320 e. The third kappa shape index (κ3) is 0.632. The van der Waals surface area contributed by atoms with Gasteiger partial charge in [0.1, 0.15) is 0 Å². The van der Waals surface area contributed by atoms with Crippen LogP contribution >= 0.6 is 0 Å². The highest BCUT2D eigenvalue weighted by molar-refractivity contribution is 4.71. The Kier molecular flexibility index (Phi) is 0.997. The van der Waals surface area contributed by atoms with E-state index in [1.165, 1.54) is 0 Å². The number of hydrogen-bond acceptors (Lipinski definition) is 3. The SMILES string of the molecule is C1O[C]2OCC1CO2. The molecule has 0 aromatic carbocycles. The van der Waals surface area contributed by atoms with Gasteiger partial charge in [0, 0.05) is 5.92 Å². The van der Waals surface area contributed by atoms with Crippen LogP contribution in [-0.4, -0.2) is 19.8 Å². The van der Waals surface area contributed by atoms with Gasteiger partial charge in [0.25, 0.3) is 0 Å². The minimum absolute atomic E-state index is 0.368. The average molecular weight is 115 g/mol. The van der Waals surface area contributed by atoms with E-state index >= 15 is 0 Å². The van der Waals surface area contributed by atoms with Crippen molar-refractivity contribution in [1.82, 2.24) is 0 Å². The lowest BCUT2D eigenvalue weighted by atomic mass is 10.2. The van der Waals surface area contributed by atoms with Crippen LogP contribution in [0.2, 0.25) is 0 Å². The summed E-state index contributed by atoms with van der Waals surface area (Å²) in [6.45, 7) is 2.69. The quantitative estimate of drug-likeness (QED) is 0.449. The first-order valence-corrected chi connectivity index (χ1v) is 2.70. The highest BCUT2D eigenvalue weighted by Crippen LogP contribution is 2.24. The summed E-state index contributed by atoms with van der Waals surface area (Å²) < 4.78 is 14.8. The van der Waals surface area contributed by atoms with Crippen molar-refractivity contribution >= 4 is 0 Å². The maximum absolute atomic E-state index is 4.95. The molecule has 3 heteroatoms. The molecular formula is C5H7O3. The summed E-state index contributed by atoms with van der Waals surface area (Å²) in [5.41, 5.74) is 0. The normalized spacial score (nSPS) is 31.5. The second kappa shape index (κ2) is 1.69. The zero-order valence-electron chi connectivity index (χ0n) is 4.42. The molecule has 0 spiro atoms. The molecule has 3 saturated heterocycles. The zero-order valence-corrected chi connectivity index (χ0v) is 4.42. The second-order valence-electron chi connectivity index (χ2n) is 2.05. The van der Waals surface area contributed by atoms with Gasteiger partial charge in [-0.15, -0.1) is 0 Å². The van der Waals surface area contributed by atoms with Crippen LogP contribution in [0.25, 0.3) is 0 Å². The molecular weight excluding hydrogens is 108 g/mol. The third-order valence-electron chi connectivity index (χ3n) is 1.31. The van der Waals surface area contributed by atoms with Crippen LogP contribution in [0.3, 0.4) is 0 Å². The summed E-state index contributed by atoms with van der Waals surface area (Å²) in [7, 11) is 0. The molecule has 0 aliphatic carbocycles. The molecule has 3 heterocycles. The van der Waals surface area contributed by atoms with Gasteiger partial charge in [-0.3, -0.25) is 0 Å². The van der Waals surface area contributed by atoms with Gasteiger partial charge in [0.05, 0.1) is 19.8 Å². The fourth-order valence-corrected chi connectivity index (χ4v) is 0.827. The molecule has 8 heavy (non-hydrogen) atoms. The number of rotatable bonds is 0. The topological polar surface area (TPSA) is 27.7 Å². The van der Waals surface area contributed by atoms with Gasteiger partial charge in [-0.1, -0.05) is 0 Å². The number of ether oxygens (including phenoxy) is 3. The first-order chi connectivity index (χ1) is 3.95. The predicted molar refractivity (Wildman–Crippen MR) is 24.6 cm³/mol. The van der Waals surface area contributed by atoms with Gasteiger partial charge in [-0.2, -0.15) is 0 Å². The molecule has 1 radical (unpaired) electrons. The lowest BCUT2D eigenvalue weighted by molar-refractivity contribution is -0.282. The average Bonchev–Trinajstić information content (AvgIpc) is 1.92. The minimum Gasteiger partial charge on any atom is -0.320 e. The maximum atomic E-state index is 4.95. The van der Waals surface area contributed by atoms with E-state index in [1.807, 2.05) is 0 Å². The predicted octanol–water partition coefficient (Wildman–Crippen LogP) is 0.127. The third-order valence-corrected chi connectivity index (χ3v) is 1.31. The Morgan fingerprint density at radius 1 is 1.00 bits per heavy atom. The summed E-state index contributed by atoms with van der Waals surface area (Å²) in [4.78, 5) is 0. The van der Waals surface area contributed by atoms with Gasteiger partial charge in [0.2, 0.25) is 0 Å². The molecule has 0 aromatic heterocycles. The molecule has 3 nitrogen and oxygen atoms in total. The van der Waals surface area contributed by atoms with Crippen molar-refractivity contribution in [2.75, 3.05) is 19.8 Å². The van der Waals surface area contributed by atoms with E-state index < -0.39 is 0 Å². The molecule has 0 unspecified atom stereocenters. The van der Waals surface area contributed by atoms with E-state index in [9.17, 15) is 0 Å². The molecule has 3 fully saturated rings. The fraction of sp³-hybridized carbons (Fsp3) is 0.800. The van der Waals surface area contributed by atoms with Crippen molar-refractivity contribution in [1.29, 1.82) is 0 Å². The largest absolute Gasteiger partial charge is 0.370 e. The Morgan fingerprint density at radius 3 is 1.62 bits per heavy atom. The van der Waals surface area contributed by atoms with Crippen LogP contribution in [0.15, 0.2) is 0 Å². The van der Waals surface area contributed by atoms with Crippen molar-refractivity contribution in [3.05, 3.63) is 6.48 Å². The van der Waals surface area contributed by atoms with Crippen LogP contribution in [0.5, 0.6) is 0 Å². The molecule has 0 aromatic rings. The van der Waals surface area contributed by atoms with Gasteiger partial charge >= 0.3 is 6.48 Å². The van der Waals surface area contributed by atoms with Gasteiger partial charge in [-0.05, 0) is 0 Å². The van der Waals surface area contributed by atoms with Crippen LogP contribution in [0.1, 0.15) is 0 Å². The molecule has 2 bridgehead atoms. The van der Waals surface area contributed by atoms with E-state index in [4.69, 9.17) is 14.2 Å². The molecule has 45 valence electrons. The zero-order chi connectivity index (χ0) is 5.40. The van der Waals surface area contributed by atoms with Gasteiger partial charge in [-0.25, -0.2) is 0 Å². The monoisotopic (exact) mass is 115 g/mol. The van der Waals surface area contributed by atoms with Crippen molar-refractivity contribution in [3.63, 3.8) is 0 Å². The van der Waals surface area contributed by atoms with Crippen LogP contribution in [-0.2, 0) is 14.2 Å². The van der Waals surface area contributed by atoms with Gasteiger partial charge < -0.3 is 14.2 Å². The summed E-state index contributed by atoms with van der Waals surface area (Å²) in [6, 6.07) is 0. The van der Waals surface area contributed by atoms with E-state index in [2.05, 4.69) is 0 Å². The first-order valence-electron chi connectivity index (χ1n) is 2.70. The lowest BCUT2D eigenvalue weighted by Gasteiger charge is -2.33. The Bertz CT molecular complexity index is 62.7. The lowest BCUT2D eigenvalue weighted by Crippen LogP contribution is -2.38.